The van der Waals surface area contributed by atoms with Gasteiger partial charge in [-0.1, -0.05) is 42.4 Å². The van der Waals surface area contributed by atoms with Crippen LogP contribution >= 0.6 is 15.9 Å². The molecule has 1 saturated carbocycles. The van der Waals surface area contributed by atoms with Gasteiger partial charge in [0.25, 0.3) is 0 Å². The van der Waals surface area contributed by atoms with Crippen LogP contribution in [-0.4, -0.2) is 23.1 Å². The summed E-state index contributed by atoms with van der Waals surface area (Å²) >= 11 is 3.88. The van der Waals surface area contributed by atoms with E-state index in [2.05, 4.69) is 49.4 Å². The first-order valence-electron chi connectivity index (χ1n) is 7.18. The van der Waals surface area contributed by atoms with Crippen molar-refractivity contribution in [3.05, 3.63) is 24.0 Å². The van der Waals surface area contributed by atoms with Crippen LogP contribution in [0.25, 0.3) is 0 Å². The van der Waals surface area contributed by atoms with Crippen LogP contribution in [0.1, 0.15) is 40.0 Å². The van der Waals surface area contributed by atoms with Gasteiger partial charge in [-0.15, -0.1) is 0 Å². The Bertz CT molecular complexity index is 440. The van der Waals surface area contributed by atoms with Crippen molar-refractivity contribution in [2.24, 2.45) is 11.3 Å². The minimum atomic E-state index is -0.0509. The molecule has 3 heteroatoms. The Morgan fingerprint density at radius 1 is 1.37 bits per heavy atom. The molecule has 3 rings (SSSR count). The highest BCUT2D eigenvalue weighted by Gasteiger charge is 2.53. The summed E-state index contributed by atoms with van der Waals surface area (Å²) in [6.07, 6.45) is 5.73. The van der Waals surface area contributed by atoms with Crippen LogP contribution in [0.3, 0.4) is 0 Å². The van der Waals surface area contributed by atoms with E-state index in [-0.39, 0.29) is 17.1 Å². The standard InChI is InChI=1S/C16H23BrO2/c1-10-11-5-6-13-15(2,3)14(17)7-8-16(13,4)19-12(11)9-18-10/h5,12-14H,1,6-9H2,2-4H3/t12-,13-,14-,16-/m0/s1. The molecule has 19 heavy (non-hydrogen) atoms. The summed E-state index contributed by atoms with van der Waals surface area (Å²) in [5.41, 5.74) is 1.37. The highest BCUT2D eigenvalue weighted by atomic mass is 79.9. The fourth-order valence-electron chi connectivity index (χ4n) is 4.10. The quantitative estimate of drug-likeness (QED) is 0.621. The smallest absolute Gasteiger partial charge is 0.120 e. The van der Waals surface area contributed by atoms with Crippen molar-refractivity contribution >= 4 is 15.9 Å². The monoisotopic (exact) mass is 326 g/mol. The molecule has 0 radical (unpaired) electrons. The zero-order chi connectivity index (χ0) is 13.8. The number of ether oxygens (including phenoxy) is 2. The van der Waals surface area contributed by atoms with Crippen molar-refractivity contribution in [2.45, 2.75) is 56.6 Å². The summed E-state index contributed by atoms with van der Waals surface area (Å²) in [6, 6.07) is 0. The molecule has 1 aliphatic carbocycles. The predicted octanol–water partition coefficient (Wildman–Crippen LogP) is 4.20. The van der Waals surface area contributed by atoms with E-state index in [1.165, 1.54) is 12.0 Å². The maximum atomic E-state index is 6.51. The van der Waals surface area contributed by atoms with Crippen molar-refractivity contribution in [2.75, 3.05) is 6.61 Å². The maximum Gasteiger partial charge on any atom is 0.120 e. The van der Waals surface area contributed by atoms with E-state index in [0.29, 0.717) is 17.4 Å². The zero-order valence-corrected chi connectivity index (χ0v) is 13.6. The first-order chi connectivity index (χ1) is 8.84. The maximum absolute atomic E-state index is 6.51. The number of allylic oxidation sites excluding steroid dienone is 1. The number of fused-ring (bicyclic) bond motifs is 2. The van der Waals surface area contributed by atoms with Crippen LogP contribution in [0.4, 0.5) is 0 Å². The summed E-state index contributed by atoms with van der Waals surface area (Å²) in [4.78, 5) is 0.567. The van der Waals surface area contributed by atoms with E-state index in [4.69, 9.17) is 9.47 Å². The van der Waals surface area contributed by atoms with E-state index in [1.54, 1.807) is 0 Å². The highest BCUT2D eigenvalue weighted by Crippen LogP contribution is 2.54. The van der Waals surface area contributed by atoms with Crippen molar-refractivity contribution in [1.82, 2.24) is 0 Å². The van der Waals surface area contributed by atoms with Crippen LogP contribution < -0.4 is 0 Å². The third-order valence-corrected chi connectivity index (χ3v) is 7.04. The Kier molecular flexibility index (Phi) is 3.14. The molecular formula is C16H23BrO2. The molecule has 0 spiro atoms. The molecule has 2 nitrogen and oxygen atoms in total. The van der Waals surface area contributed by atoms with Crippen LogP contribution in [-0.2, 0) is 9.47 Å². The van der Waals surface area contributed by atoms with Crippen molar-refractivity contribution in [3.8, 4) is 0 Å². The molecule has 2 heterocycles. The van der Waals surface area contributed by atoms with E-state index in [9.17, 15) is 0 Å². The Morgan fingerprint density at radius 3 is 2.84 bits per heavy atom. The van der Waals surface area contributed by atoms with E-state index in [0.717, 1.165) is 18.6 Å². The molecule has 1 saturated heterocycles. The van der Waals surface area contributed by atoms with Crippen LogP contribution in [0.2, 0.25) is 0 Å². The molecule has 0 unspecified atom stereocenters. The molecule has 0 N–H and O–H groups in total. The van der Waals surface area contributed by atoms with Gasteiger partial charge >= 0.3 is 0 Å². The van der Waals surface area contributed by atoms with E-state index >= 15 is 0 Å². The van der Waals surface area contributed by atoms with Crippen molar-refractivity contribution < 1.29 is 9.47 Å². The Hall–Kier alpha value is -0.280. The van der Waals surface area contributed by atoms with Crippen molar-refractivity contribution in [3.63, 3.8) is 0 Å². The number of hydrogen-bond acceptors (Lipinski definition) is 2. The van der Waals surface area contributed by atoms with Gasteiger partial charge in [-0.2, -0.15) is 0 Å². The van der Waals surface area contributed by atoms with Crippen LogP contribution in [0.15, 0.2) is 24.0 Å². The first-order valence-corrected chi connectivity index (χ1v) is 8.10. The molecular weight excluding hydrogens is 304 g/mol. The van der Waals surface area contributed by atoms with Gasteiger partial charge in [0, 0.05) is 10.4 Å². The SMILES string of the molecule is C=C1OC[C@@H]2O[C@@]3(C)CC[C@H](Br)C(C)(C)[C@@H]3CC=C12. The fraction of sp³-hybridized carbons (Fsp3) is 0.750. The minimum absolute atomic E-state index is 0.0509. The second-order valence-corrected chi connectivity index (χ2v) is 8.03. The summed E-state index contributed by atoms with van der Waals surface area (Å²) in [5, 5.41) is 0. The molecule has 3 aliphatic rings. The lowest BCUT2D eigenvalue weighted by Gasteiger charge is -2.52. The largest absolute Gasteiger partial charge is 0.491 e. The van der Waals surface area contributed by atoms with Crippen molar-refractivity contribution in [1.29, 1.82) is 0 Å². The third kappa shape index (κ3) is 2.01. The highest BCUT2D eigenvalue weighted by molar-refractivity contribution is 9.09. The fourth-order valence-corrected chi connectivity index (χ4v) is 4.65. The van der Waals surface area contributed by atoms with Gasteiger partial charge in [0.2, 0.25) is 0 Å². The molecule has 0 bridgehead atoms. The lowest BCUT2D eigenvalue weighted by atomic mass is 9.60. The second-order valence-electron chi connectivity index (χ2n) is 6.93. The number of hydrogen-bond donors (Lipinski definition) is 0. The zero-order valence-electron chi connectivity index (χ0n) is 12.0. The topological polar surface area (TPSA) is 18.5 Å². The van der Waals surface area contributed by atoms with E-state index in [1.807, 2.05) is 0 Å². The third-order valence-electron chi connectivity index (χ3n) is 5.40. The van der Waals surface area contributed by atoms with Gasteiger partial charge < -0.3 is 9.47 Å². The van der Waals surface area contributed by atoms with E-state index < -0.39 is 0 Å². The number of halogens is 1. The van der Waals surface area contributed by atoms with Gasteiger partial charge in [0.15, 0.2) is 0 Å². The average Bonchev–Trinajstić information content (AvgIpc) is 2.58. The Balaban J connectivity index is 1.97. The Labute approximate surface area is 124 Å². The predicted molar refractivity (Wildman–Crippen MR) is 80.3 cm³/mol. The van der Waals surface area contributed by atoms with Gasteiger partial charge in [-0.3, -0.25) is 0 Å². The average molecular weight is 327 g/mol. The van der Waals surface area contributed by atoms with Crippen LogP contribution in [0.5, 0.6) is 0 Å². The molecule has 0 amide bonds. The molecule has 2 aliphatic heterocycles. The number of alkyl halides is 1. The molecule has 0 aromatic rings. The summed E-state index contributed by atoms with van der Waals surface area (Å²) in [6.45, 7) is 11.6. The normalized spacial score (nSPS) is 44.7. The van der Waals surface area contributed by atoms with Gasteiger partial charge in [-0.05, 0) is 37.5 Å². The summed E-state index contributed by atoms with van der Waals surface area (Å²) in [7, 11) is 0. The number of rotatable bonds is 0. The molecule has 4 atom stereocenters. The Morgan fingerprint density at radius 2 is 2.11 bits per heavy atom. The molecule has 2 fully saturated rings. The van der Waals surface area contributed by atoms with Gasteiger partial charge in [-0.25, -0.2) is 0 Å². The summed E-state index contributed by atoms with van der Waals surface area (Å²) < 4.78 is 12.1. The van der Waals surface area contributed by atoms with Gasteiger partial charge in [0.05, 0.1) is 5.60 Å². The lowest BCUT2D eigenvalue weighted by Crippen LogP contribution is -2.53. The lowest BCUT2D eigenvalue weighted by molar-refractivity contribution is -0.150. The minimum Gasteiger partial charge on any atom is -0.491 e. The second kappa shape index (κ2) is 4.36. The molecule has 0 aromatic heterocycles. The molecule has 106 valence electrons. The molecule has 0 aromatic carbocycles. The summed E-state index contributed by atoms with van der Waals surface area (Å²) in [5.74, 6) is 1.34. The first kappa shape index (κ1) is 13.7. The van der Waals surface area contributed by atoms with Crippen LogP contribution in [0, 0.1) is 11.3 Å². The van der Waals surface area contributed by atoms with Gasteiger partial charge in [0.1, 0.15) is 18.5 Å².